The number of aryl methyl sites for hydroxylation is 1. The molecule has 7 nitrogen and oxygen atoms in total. The minimum Gasteiger partial charge on any atom is -0.406 e. The van der Waals surface area contributed by atoms with Gasteiger partial charge in [0.1, 0.15) is 5.82 Å². The number of fused-ring (bicyclic) bond motifs is 1. The number of benzene rings is 2. The van der Waals surface area contributed by atoms with Gasteiger partial charge in [-0.3, -0.25) is 4.68 Å². The number of nitriles is 1. The number of carbonyl (C=O) groups excluding carboxylic acids is 1. The summed E-state index contributed by atoms with van der Waals surface area (Å²) >= 11 is 0. The molecule has 8 heteroatoms. The summed E-state index contributed by atoms with van der Waals surface area (Å²) in [4.78, 5) is 20.7. The van der Waals surface area contributed by atoms with Crippen LogP contribution < -0.4 is 10.2 Å². The molecule has 0 aliphatic rings. The Kier molecular flexibility index (Phi) is 4.63. The van der Waals surface area contributed by atoms with Crippen LogP contribution in [0, 0.1) is 24.1 Å². The molecule has 0 spiro atoms. The molecule has 2 heterocycles. The fourth-order valence-electron chi connectivity index (χ4n) is 2.91. The lowest BCUT2D eigenvalue weighted by Gasteiger charge is -2.10. The third kappa shape index (κ3) is 3.61. The van der Waals surface area contributed by atoms with Gasteiger partial charge in [0.2, 0.25) is 0 Å². The van der Waals surface area contributed by atoms with E-state index in [1.807, 2.05) is 0 Å². The number of hydrogen-bond donors (Lipinski definition) is 1. The van der Waals surface area contributed by atoms with Crippen molar-refractivity contribution < 1.29 is 13.9 Å². The highest BCUT2D eigenvalue weighted by Gasteiger charge is 2.13. The first kappa shape index (κ1) is 18.1. The predicted molar refractivity (Wildman–Crippen MR) is 104 cm³/mol. The van der Waals surface area contributed by atoms with Crippen LogP contribution in [0.1, 0.15) is 11.3 Å². The highest BCUT2D eigenvalue weighted by molar-refractivity contribution is 5.88. The van der Waals surface area contributed by atoms with E-state index >= 15 is 0 Å². The molecule has 2 aromatic carbocycles. The van der Waals surface area contributed by atoms with Gasteiger partial charge in [-0.2, -0.15) is 5.26 Å². The topological polar surface area (TPSA) is 92.8 Å². The summed E-state index contributed by atoms with van der Waals surface area (Å²) < 4.78 is 20.2. The van der Waals surface area contributed by atoms with Gasteiger partial charge in [0.15, 0.2) is 11.6 Å². The summed E-state index contributed by atoms with van der Waals surface area (Å²) in [6.45, 7) is 1.66. The third-order valence-electron chi connectivity index (χ3n) is 4.28. The average molecular weight is 387 g/mol. The number of halogens is 1. The molecular formula is C21H14FN5O2. The molecule has 1 amide bonds. The summed E-state index contributed by atoms with van der Waals surface area (Å²) in [6.07, 6.45) is 2.25. The van der Waals surface area contributed by atoms with Gasteiger partial charge in [0.25, 0.3) is 0 Å². The quantitative estimate of drug-likeness (QED) is 0.570. The van der Waals surface area contributed by atoms with Crippen molar-refractivity contribution in [2.75, 3.05) is 5.43 Å². The normalized spacial score (nSPS) is 10.5. The van der Waals surface area contributed by atoms with E-state index in [1.54, 1.807) is 49.5 Å². The van der Waals surface area contributed by atoms with Crippen LogP contribution in [-0.4, -0.2) is 20.7 Å². The second-order valence-corrected chi connectivity index (χ2v) is 6.19. The predicted octanol–water partition coefficient (Wildman–Crippen LogP) is 4.16. The summed E-state index contributed by atoms with van der Waals surface area (Å²) in [5.41, 5.74) is 4.71. The minimum absolute atomic E-state index is 0.178. The largest absolute Gasteiger partial charge is 0.432 e. The van der Waals surface area contributed by atoms with E-state index in [4.69, 9.17) is 10.00 Å². The molecule has 2 aromatic heterocycles. The van der Waals surface area contributed by atoms with Gasteiger partial charge in [-0.15, -0.1) is 0 Å². The molecule has 0 saturated carbocycles. The van der Waals surface area contributed by atoms with Crippen LogP contribution >= 0.6 is 0 Å². The Morgan fingerprint density at radius 2 is 2.07 bits per heavy atom. The molecule has 0 atom stereocenters. The smallest absolute Gasteiger partial charge is 0.406 e. The van der Waals surface area contributed by atoms with E-state index in [1.165, 1.54) is 23.0 Å². The second kappa shape index (κ2) is 7.40. The lowest BCUT2D eigenvalue weighted by Crippen LogP contribution is -2.25. The molecule has 0 aliphatic heterocycles. The lowest BCUT2D eigenvalue weighted by atomic mass is 10.1. The number of nitrogens with zero attached hydrogens (tertiary/aromatic N) is 4. The van der Waals surface area contributed by atoms with Gasteiger partial charge >= 0.3 is 6.09 Å². The van der Waals surface area contributed by atoms with Crippen LogP contribution in [0.5, 0.6) is 5.75 Å². The van der Waals surface area contributed by atoms with Crippen molar-refractivity contribution in [3.8, 4) is 23.2 Å². The highest BCUT2D eigenvalue weighted by Crippen LogP contribution is 2.22. The monoisotopic (exact) mass is 387 g/mol. The van der Waals surface area contributed by atoms with Crippen molar-refractivity contribution in [2.24, 2.45) is 0 Å². The fourth-order valence-corrected chi connectivity index (χ4v) is 2.91. The van der Waals surface area contributed by atoms with E-state index in [2.05, 4.69) is 21.5 Å². The second-order valence-electron chi connectivity index (χ2n) is 6.19. The van der Waals surface area contributed by atoms with E-state index in [0.29, 0.717) is 33.5 Å². The van der Waals surface area contributed by atoms with E-state index in [0.717, 1.165) is 0 Å². The van der Waals surface area contributed by atoms with Crippen molar-refractivity contribution in [1.29, 1.82) is 5.26 Å². The maximum atomic E-state index is 13.4. The van der Waals surface area contributed by atoms with Gasteiger partial charge < -0.3 is 4.74 Å². The highest BCUT2D eigenvalue weighted by atomic mass is 19.1. The first-order valence-electron chi connectivity index (χ1n) is 8.64. The van der Waals surface area contributed by atoms with Gasteiger partial charge in [0.05, 0.1) is 29.0 Å². The molecule has 0 fully saturated rings. The number of hydrogen-bond acceptors (Lipinski definition) is 5. The molecule has 0 saturated heterocycles. The molecule has 4 aromatic rings. The van der Waals surface area contributed by atoms with Crippen molar-refractivity contribution in [1.82, 2.24) is 14.6 Å². The Balaban J connectivity index is 1.53. The molecule has 0 bridgehead atoms. The van der Waals surface area contributed by atoms with Crippen LogP contribution in [0.2, 0.25) is 0 Å². The standard InChI is InChI=1S/C21H14FN5O2/c1-13-19(12-24-20(25-13)14-4-2-6-16(22)10-14)29-21(28)26-27-9-8-17-15(11-23)5-3-7-18(17)27/h2-10,12H,1H3,(H,26,28). The van der Waals surface area contributed by atoms with Gasteiger partial charge in [-0.05, 0) is 37.3 Å². The number of ether oxygens (including phenoxy) is 1. The Morgan fingerprint density at radius 1 is 1.24 bits per heavy atom. The van der Waals surface area contributed by atoms with Crippen LogP contribution in [0.25, 0.3) is 22.3 Å². The molecule has 4 rings (SSSR count). The van der Waals surface area contributed by atoms with E-state index in [9.17, 15) is 9.18 Å². The summed E-state index contributed by atoms with van der Waals surface area (Å²) in [5, 5.41) is 9.88. The number of carbonyl (C=O) groups is 1. The molecule has 142 valence electrons. The Bertz CT molecular complexity index is 1280. The third-order valence-corrected chi connectivity index (χ3v) is 4.28. The number of nitrogens with one attached hydrogen (secondary N) is 1. The number of amides is 1. The molecular weight excluding hydrogens is 373 g/mol. The van der Waals surface area contributed by atoms with Gasteiger partial charge in [-0.25, -0.2) is 24.6 Å². The summed E-state index contributed by atoms with van der Waals surface area (Å²) in [5.74, 6) is 0.119. The number of aromatic nitrogens is 3. The van der Waals surface area contributed by atoms with Crippen LogP contribution in [-0.2, 0) is 0 Å². The molecule has 29 heavy (non-hydrogen) atoms. The zero-order chi connectivity index (χ0) is 20.4. The van der Waals surface area contributed by atoms with Crippen LogP contribution in [0.15, 0.2) is 60.9 Å². The summed E-state index contributed by atoms with van der Waals surface area (Å²) in [7, 11) is 0. The first-order chi connectivity index (χ1) is 14.0. The van der Waals surface area contributed by atoms with Crippen LogP contribution in [0.4, 0.5) is 9.18 Å². The molecule has 0 unspecified atom stereocenters. The molecule has 1 N–H and O–H groups in total. The Morgan fingerprint density at radius 3 is 2.83 bits per heavy atom. The molecule has 0 radical (unpaired) electrons. The van der Waals surface area contributed by atoms with Crippen LogP contribution in [0.3, 0.4) is 0 Å². The Hall–Kier alpha value is -4.25. The van der Waals surface area contributed by atoms with Crippen molar-refractivity contribution in [3.63, 3.8) is 0 Å². The lowest BCUT2D eigenvalue weighted by molar-refractivity contribution is 0.211. The minimum atomic E-state index is -0.741. The average Bonchev–Trinajstić information content (AvgIpc) is 3.12. The number of rotatable bonds is 3. The zero-order valence-corrected chi connectivity index (χ0v) is 15.3. The SMILES string of the molecule is Cc1nc(-c2cccc(F)c2)ncc1OC(=O)Nn1ccc2c(C#N)cccc21. The maximum absolute atomic E-state index is 13.4. The molecule has 0 aliphatic carbocycles. The zero-order valence-electron chi connectivity index (χ0n) is 15.3. The maximum Gasteiger partial charge on any atom is 0.432 e. The van der Waals surface area contributed by atoms with Crippen molar-refractivity contribution in [2.45, 2.75) is 6.92 Å². The first-order valence-corrected chi connectivity index (χ1v) is 8.64. The fraction of sp³-hybridized carbons (Fsp3) is 0.0476. The Labute approximate surface area is 165 Å². The van der Waals surface area contributed by atoms with Gasteiger partial charge in [0, 0.05) is 17.1 Å². The van der Waals surface area contributed by atoms with E-state index in [-0.39, 0.29) is 11.6 Å². The van der Waals surface area contributed by atoms with Gasteiger partial charge in [-0.1, -0.05) is 18.2 Å². The van der Waals surface area contributed by atoms with Crippen molar-refractivity contribution in [3.05, 3.63) is 78.0 Å². The van der Waals surface area contributed by atoms with E-state index < -0.39 is 6.09 Å². The van der Waals surface area contributed by atoms with Crippen molar-refractivity contribution >= 4 is 17.0 Å². The summed E-state index contributed by atoms with van der Waals surface area (Å²) in [6, 6.07) is 15.0.